The number of anilines is 1. The first-order valence-electron chi connectivity index (χ1n) is 11.7. The van der Waals surface area contributed by atoms with Gasteiger partial charge in [0.05, 0.1) is 23.4 Å². The monoisotopic (exact) mass is 446 g/mol. The molecule has 1 fully saturated rings. The molecule has 1 saturated heterocycles. The molecule has 172 valence electrons. The van der Waals surface area contributed by atoms with E-state index in [-0.39, 0.29) is 11.8 Å². The number of carbonyl (C=O) groups is 3. The van der Waals surface area contributed by atoms with E-state index in [1.807, 2.05) is 37.3 Å². The van der Waals surface area contributed by atoms with E-state index in [9.17, 15) is 14.4 Å². The fourth-order valence-electron chi connectivity index (χ4n) is 4.28. The molecule has 2 aromatic rings. The molecule has 0 saturated carbocycles. The number of rotatable bonds is 7. The molecule has 0 N–H and O–H groups in total. The van der Waals surface area contributed by atoms with E-state index < -0.39 is 5.97 Å². The van der Waals surface area contributed by atoms with Crippen LogP contribution in [0.4, 0.5) is 5.69 Å². The maximum absolute atomic E-state index is 13.6. The smallest absolute Gasteiger partial charge is 0.338 e. The number of amides is 2. The molecule has 2 heterocycles. The summed E-state index contributed by atoms with van der Waals surface area (Å²) in [6, 6.07) is 15.8. The molecule has 2 aliphatic heterocycles. The molecule has 0 aromatic heterocycles. The number of hydrogen-bond donors (Lipinski definition) is 0. The fraction of sp³-hybridized carbons (Fsp3) is 0.370. The van der Waals surface area contributed by atoms with Crippen molar-refractivity contribution in [2.75, 3.05) is 24.6 Å². The summed E-state index contributed by atoms with van der Waals surface area (Å²) < 4.78 is 5.25. The van der Waals surface area contributed by atoms with Gasteiger partial charge in [-0.1, -0.05) is 50.6 Å². The van der Waals surface area contributed by atoms with Gasteiger partial charge in [0, 0.05) is 13.1 Å². The molecule has 6 heteroatoms. The highest BCUT2D eigenvalue weighted by Crippen LogP contribution is 2.36. The summed E-state index contributed by atoms with van der Waals surface area (Å²) >= 11 is 0. The Bertz CT molecular complexity index is 1050. The molecule has 6 nitrogen and oxygen atoms in total. The highest BCUT2D eigenvalue weighted by Gasteiger charge is 2.42. The molecule has 2 aliphatic rings. The fourth-order valence-corrected chi connectivity index (χ4v) is 4.28. The third-order valence-electron chi connectivity index (χ3n) is 6.31. The number of carbonyl (C=O) groups excluding carboxylic acids is 3. The Morgan fingerprint density at radius 3 is 2.27 bits per heavy atom. The van der Waals surface area contributed by atoms with Crippen molar-refractivity contribution >= 4 is 29.0 Å². The van der Waals surface area contributed by atoms with Gasteiger partial charge in [0.1, 0.15) is 5.70 Å². The Morgan fingerprint density at radius 2 is 1.64 bits per heavy atom. The molecule has 2 aromatic carbocycles. The van der Waals surface area contributed by atoms with E-state index in [1.54, 1.807) is 24.3 Å². The second kappa shape index (κ2) is 10.0. The van der Waals surface area contributed by atoms with E-state index in [0.717, 1.165) is 44.3 Å². The average molecular weight is 447 g/mol. The molecule has 2 amide bonds. The van der Waals surface area contributed by atoms with E-state index in [0.29, 0.717) is 35.0 Å². The van der Waals surface area contributed by atoms with Crippen molar-refractivity contribution in [2.24, 2.45) is 5.92 Å². The van der Waals surface area contributed by atoms with Crippen LogP contribution in [0.2, 0.25) is 0 Å². The van der Waals surface area contributed by atoms with Gasteiger partial charge in [0.25, 0.3) is 11.8 Å². The third-order valence-corrected chi connectivity index (χ3v) is 6.31. The minimum atomic E-state index is -0.402. The maximum atomic E-state index is 13.6. The van der Waals surface area contributed by atoms with E-state index in [1.165, 1.54) is 4.90 Å². The van der Waals surface area contributed by atoms with Crippen LogP contribution in [0.25, 0.3) is 5.57 Å². The zero-order valence-corrected chi connectivity index (χ0v) is 19.3. The van der Waals surface area contributed by atoms with Crippen LogP contribution in [0.5, 0.6) is 0 Å². The van der Waals surface area contributed by atoms with Crippen LogP contribution in [0.3, 0.4) is 0 Å². The summed E-state index contributed by atoms with van der Waals surface area (Å²) in [4.78, 5) is 42.6. The topological polar surface area (TPSA) is 66.9 Å². The van der Waals surface area contributed by atoms with Gasteiger partial charge in [-0.25, -0.2) is 9.69 Å². The maximum Gasteiger partial charge on any atom is 0.338 e. The first-order valence-corrected chi connectivity index (χ1v) is 11.7. The Morgan fingerprint density at radius 1 is 0.970 bits per heavy atom. The van der Waals surface area contributed by atoms with Crippen molar-refractivity contribution in [2.45, 2.75) is 39.5 Å². The van der Waals surface area contributed by atoms with E-state index in [4.69, 9.17) is 4.74 Å². The molecular weight excluding hydrogens is 416 g/mol. The van der Waals surface area contributed by atoms with Crippen molar-refractivity contribution in [3.05, 3.63) is 71.4 Å². The summed E-state index contributed by atoms with van der Waals surface area (Å²) in [5.41, 5.74) is 2.50. The number of piperidine rings is 1. The van der Waals surface area contributed by atoms with Crippen molar-refractivity contribution in [1.82, 2.24) is 4.90 Å². The lowest BCUT2D eigenvalue weighted by atomic mass is 9.97. The molecular formula is C27H30N2O4. The summed E-state index contributed by atoms with van der Waals surface area (Å²) in [5, 5.41) is 0. The molecule has 0 bridgehead atoms. The Labute approximate surface area is 194 Å². The summed E-state index contributed by atoms with van der Waals surface area (Å²) in [6.45, 7) is 6.13. The SMILES string of the molecule is CCCCOC(=O)c1ccc(N2C(=O)C(c3ccccc3)=C(N3CCC(C)CC3)C2=O)cc1. The average Bonchev–Trinajstić information content (AvgIpc) is 3.10. The number of imide groups is 1. The van der Waals surface area contributed by atoms with Crippen molar-refractivity contribution in [3.63, 3.8) is 0 Å². The van der Waals surface area contributed by atoms with Gasteiger partial charge in [-0.15, -0.1) is 0 Å². The van der Waals surface area contributed by atoms with Gasteiger partial charge >= 0.3 is 5.97 Å². The molecule has 0 radical (unpaired) electrons. The van der Waals surface area contributed by atoms with Gasteiger partial charge in [-0.3, -0.25) is 9.59 Å². The molecule has 0 aliphatic carbocycles. The first kappa shape index (κ1) is 22.8. The lowest BCUT2D eigenvalue weighted by Gasteiger charge is -2.32. The minimum absolute atomic E-state index is 0.313. The van der Waals surface area contributed by atoms with Gasteiger partial charge in [0.2, 0.25) is 0 Å². The summed E-state index contributed by atoms with van der Waals surface area (Å²) in [6.07, 6.45) is 3.73. The number of benzene rings is 2. The number of esters is 1. The van der Waals surface area contributed by atoms with Gasteiger partial charge in [-0.05, 0) is 55.0 Å². The van der Waals surface area contributed by atoms with Crippen LogP contribution >= 0.6 is 0 Å². The van der Waals surface area contributed by atoms with Gasteiger partial charge in [-0.2, -0.15) is 0 Å². The molecule has 33 heavy (non-hydrogen) atoms. The van der Waals surface area contributed by atoms with Crippen LogP contribution < -0.4 is 4.90 Å². The number of unbranched alkanes of at least 4 members (excludes halogenated alkanes) is 1. The molecule has 0 atom stereocenters. The predicted octanol–water partition coefficient (Wildman–Crippen LogP) is 4.66. The zero-order valence-electron chi connectivity index (χ0n) is 19.3. The van der Waals surface area contributed by atoms with Crippen LogP contribution in [-0.2, 0) is 14.3 Å². The van der Waals surface area contributed by atoms with Crippen molar-refractivity contribution < 1.29 is 19.1 Å². The van der Waals surface area contributed by atoms with Gasteiger partial charge < -0.3 is 9.64 Å². The predicted molar refractivity (Wildman–Crippen MR) is 127 cm³/mol. The van der Waals surface area contributed by atoms with Crippen LogP contribution in [0, 0.1) is 5.92 Å². The van der Waals surface area contributed by atoms with E-state index >= 15 is 0 Å². The van der Waals surface area contributed by atoms with Crippen molar-refractivity contribution in [1.29, 1.82) is 0 Å². The number of hydrogen-bond acceptors (Lipinski definition) is 5. The highest BCUT2D eigenvalue weighted by molar-refractivity contribution is 6.45. The quantitative estimate of drug-likeness (QED) is 0.352. The number of ether oxygens (including phenoxy) is 1. The summed E-state index contributed by atoms with van der Waals surface area (Å²) in [7, 11) is 0. The van der Waals surface area contributed by atoms with E-state index in [2.05, 4.69) is 11.8 Å². The minimum Gasteiger partial charge on any atom is -0.462 e. The van der Waals surface area contributed by atoms with Crippen LogP contribution in [0.1, 0.15) is 55.5 Å². The first-order chi connectivity index (χ1) is 16.0. The number of nitrogens with zero attached hydrogens (tertiary/aromatic N) is 2. The molecule has 0 unspecified atom stereocenters. The molecule has 4 rings (SSSR count). The zero-order chi connectivity index (χ0) is 23.4. The van der Waals surface area contributed by atoms with Gasteiger partial charge in [0.15, 0.2) is 0 Å². The Balaban J connectivity index is 1.63. The van der Waals surface area contributed by atoms with Crippen LogP contribution in [0.15, 0.2) is 60.3 Å². The Hall–Kier alpha value is -3.41. The second-order valence-corrected chi connectivity index (χ2v) is 8.74. The lowest BCUT2D eigenvalue weighted by molar-refractivity contribution is -0.120. The normalized spacial score (nSPS) is 17.2. The number of likely N-dealkylation sites (tertiary alicyclic amines) is 1. The molecule has 0 spiro atoms. The lowest BCUT2D eigenvalue weighted by Crippen LogP contribution is -2.38. The second-order valence-electron chi connectivity index (χ2n) is 8.74. The highest BCUT2D eigenvalue weighted by atomic mass is 16.5. The standard InChI is InChI=1S/C27H30N2O4/c1-3-4-18-33-27(32)21-10-12-22(13-11-21)29-25(30)23(20-8-6-5-7-9-20)24(26(29)31)28-16-14-19(2)15-17-28/h5-13,19H,3-4,14-18H2,1-2H3. The van der Waals surface area contributed by atoms with Crippen molar-refractivity contribution in [3.8, 4) is 0 Å². The Kier molecular flexibility index (Phi) is 6.92. The largest absolute Gasteiger partial charge is 0.462 e. The van der Waals surface area contributed by atoms with Crippen LogP contribution in [-0.4, -0.2) is 42.4 Å². The summed E-state index contributed by atoms with van der Waals surface area (Å²) in [5.74, 6) is -0.444. The third kappa shape index (κ3) is 4.70.